The van der Waals surface area contributed by atoms with Crippen LogP contribution in [0.2, 0.25) is 5.02 Å². The molecule has 0 aromatic heterocycles. The van der Waals surface area contributed by atoms with Crippen molar-refractivity contribution >= 4 is 11.6 Å². The minimum Gasteiger partial charge on any atom is -0.506 e. The molecule has 0 aliphatic carbocycles. The van der Waals surface area contributed by atoms with Gasteiger partial charge in [-0.05, 0) is 12.1 Å². The second-order valence-corrected chi connectivity index (χ2v) is 3.46. The van der Waals surface area contributed by atoms with E-state index in [-0.39, 0.29) is 11.8 Å². The van der Waals surface area contributed by atoms with Crippen LogP contribution in [0.5, 0.6) is 11.5 Å². The molecule has 1 aromatic carbocycles. The molecule has 0 spiro atoms. The van der Waals surface area contributed by atoms with Crippen LogP contribution in [-0.2, 0) is 0 Å². The molecule has 3 nitrogen and oxygen atoms in total. The molecule has 1 aliphatic rings. The van der Waals surface area contributed by atoms with Gasteiger partial charge in [-0.15, -0.1) is 0 Å². The van der Waals surface area contributed by atoms with E-state index in [4.69, 9.17) is 22.1 Å². The SMILES string of the molecule is NC1CCOc2ccc(Cl)c(O)c21. The summed E-state index contributed by atoms with van der Waals surface area (Å²) in [6.45, 7) is 0.592. The summed E-state index contributed by atoms with van der Waals surface area (Å²) in [5, 5.41) is 9.94. The van der Waals surface area contributed by atoms with Crippen molar-refractivity contribution in [2.45, 2.75) is 12.5 Å². The van der Waals surface area contributed by atoms with Crippen LogP contribution < -0.4 is 10.5 Å². The van der Waals surface area contributed by atoms with Crippen LogP contribution in [0.4, 0.5) is 0 Å². The third-order valence-electron chi connectivity index (χ3n) is 2.19. The van der Waals surface area contributed by atoms with Gasteiger partial charge >= 0.3 is 0 Å². The van der Waals surface area contributed by atoms with Gasteiger partial charge in [-0.2, -0.15) is 0 Å². The van der Waals surface area contributed by atoms with Gasteiger partial charge < -0.3 is 15.6 Å². The fourth-order valence-corrected chi connectivity index (χ4v) is 1.65. The van der Waals surface area contributed by atoms with Gasteiger partial charge in [0.25, 0.3) is 0 Å². The first-order chi connectivity index (χ1) is 6.20. The van der Waals surface area contributed by atoms with Gasteiger partial charge in [-0.1, -0.05) is 11.6 Å². The monoisotopic (exact) mass is 199 g/mol. The average Bonchev–Trinajstić information content (AvgIpc) is 2.12. The van der Waals surface area contributed by atoms with E-state index in [1.807, 2.05) is 0 Å². The molecular weight excluding hydrogens is 190 g/mol. The molecule has 0 saturated heterocycles. The van der Waals surface area contributed by atoms with Gasteiger partial charge in [-0.3, -0.25) is 0 Å². The average molecular weight is 200 g/mol. The van der Waals surface area contributed by atoms with Crippen molar-refractivity contribution in [2.24, 2.45) is 5.73 Å². The Morgan fingerprint density at radius 1 is 1.54 bits per heavy atom. The first-order valence-corrected chi connectivity index (χ1v) is 4.47. The Morgan fingerprint density at radius 2 is 2.31 bits per heavy atom. The molecule has 1 unspecified atom stereocenters. The van der Waals surface area contributed by atoms with Crippen molar-refractivity contribution in [2.75, 3.05) is 6.61 Å². The molecule has 0 radical (unpaired) electrons. The molecule has 1 heterocycles. The Bertz CT molecular complexity index is 341. The van der Waals surface area contributed by atoms with Crippen LogP contribution in [0.1, 0.15) is 18.0 Å². The maximum atomic E-state index is 9.62. The van der Waals surface area contributed by atoms with Gasteiger partial charge in [-0.25, -0.2) is 0 Å². The van der Waals surface area contributed by atoms with E-state index < -0.39 is 0 Å². The zero-order chi connectivity index (χ0) is 9.42. The Kier molecular flexibility index (Phi) is 2.06. The summed E-state index contributed by atoms with van der Waals surface area (Å²) in [6, 6.07) is 3.16. The van der Waals surface area contributed by atoms with Crippen LogP contribution in [0.3, 0.4) is 0 Å². The number of ether oxygens (including phenoxy) is 1. The molecule has 0 bridgehead atoms. The number of nitrogens with two attached hydrogens (primary N) is 1. The number of phenols is 1. The molecule has 1 atom stereocenters. The predicted octanol–water partition coefficient (Wildman–Crippen LogP) is 1.83. The molecule has 0 saturated carbocycles. The highest BCUT2D eigenvalue weighted by Crippen LogP contribution is 2.41. The molecule has 0 fully saturated rings. The number of rotatable bonds is 0. The quantitative estimate of drug-likeness (QED) is 0.670. The lowest BCUT2D eigenvalue weighted by Gasteiger charge is -2.23. The summed E-state index contributed by atoms with van der Waals surface area (Å²) in [4.78, 5) is 0. The summed E-state index contributed by atoms with van der Waals surface area (Å²) in [5.41, 5.74) is 6.44. The van der Waals surface area contributed by atoms with E-state index >= 15 is 0 Å². The normalized spacial score (nSPS) is 20.6. The van der Waals surface area contributed by atoms with Gasteiger partial charge in [0.2, 0.25) is 0 Å². The lowest BCUT2D eigenvalue weighted by molar-refractivity contribution is 0.264. The van der Waals surface area contributed by atoms with E-state index in [1.165, 1.54) is 0 Å². The topological polar surface area (TPSA) is 55.5 Å². The Balaban J connectivity index is 2.58. The minimum absolute atomic E-state index is 0.0476. The second-order valence-electron chi connectivity index (χ2n) is 3.05. The second kappa shape index (κ2) is 3.09. The van der Waals surface area contributed by atoms with E-state index in [9.17, 15) is 5.11 Å². The fraction of sp³-hybridized carbons (Fsp3) is 0.333. The molecule has 1 aliphatic heterocycles. The molecular formula is C9H10ClNO2. The molecule has 0 amide bonds. The number of hydrogen-bond donors (Lipinski definition) is 2. The van der Waals surface area contributed by atoms with E-state index in [1.54, 1.807) is 12.1 Å². The number of aromatic hydroxyl groups is 1. The highest BCUT2D eigenvalue weighted by molar-refractivity contribution is 6.32. The number of phenolic OH excluding ortho intramolecular Hbond substituents is 1. The van der Waals surface area contributed by atoms with Crippen LogP contribution in [-0.4, -0.2) is 11.7 Å². The molecule has 2 rings (SSSR count). The van der Waals surface area contributed by atoms with Gasteiger partial charge in [0.05, 0.1) is 17.2 Å². The van der Waals surface area contributed by atoms with Crippen molar-refractivity contribution in [1.82, 2.24) is 0 Å². The maximum absolute atomic E-state index is 9.62. The highest BCUT2D eigenvalue weighted by Gasteiger charge is 2.22. The molecule has 3 N–H and O–H groups in total. The van der Waals surface area contributed by atoms with Crippen LogP contribution in [0.25, 0.3) is 0 Å². The van der Waals surface area contributed by atoms with Gasteiger partial charge in [0, 0.05) is 12.5 Å². The zero-order valence-corrected chi connectivity index (χ0v) is 7.71. The predicted molar refractivity (Wildman–Crippen MR) is 50.2 cm³/mol. The van der Waals surface area contributed by atoms with Crippen molar-refractivity contribution in [3.8, 4) is 11.5 Å². The van der Waals surface area contributed by atoms with Gasteiger partial charge in [0.1, 0.15) is 11.5 Å². The Morgan fingerprint density at radius 3 is 3.08 bits per heavy atom. The number of benzene rings is 1. The molecule has 13 heavy (non-hydrogen) atoms. The Labute approximate surface area is 81.1 Å². The first-order valence-electron chi connectivity index (χ1n) is 4.10. The standard InChI is InChI=1S/C9H10ClNO2/c10-5-1-2-7-8(9(5)12)6(11)3-4-13-7/h1-2,6,12H,3-4,11H2. The smallest absolute Gasteiger partial charge is 0.142 e. The third kappa shape index (κ3) is 1.34. The molecule has 1 aromatic rings. The lowest BCUT2D eigenvalue weighted by atomic mass is 10.0. The number of halogens is 1. The minimum atomic E-state index is -0.178. The van der Waals surface area contributed by atoms with Crippen molar-refractivity contribution in [1.29, 1.82) is 0 Å². The molecule has 4 heteroatoms. The summed E-state index contributed by atoms with van der Waals surface area (Å²) in [7, 11) is 0. The summed E-state index contributed by atoms with van der Waals surface area (Å²) in [5.74, 6) is 0.687. The van der Waals surface area contributed by atoms with Crippen molar-refractivity contribution in [3.63, 3.8) is 0 Å². The third-order valence-corrected chi connectivity index (χ3v) is 2.49. The largest absolute Gasteiger partial charge is 0.506 e. The van der Waals surface area contributed by atoms with Crippen molar-refractivity contribution < 1.29 is 9.84 Å². The molecule has 70 valence electrons. The summed E-state index contributed by atoms with van der Waals surface area (Å²) >= 11 is 5.75. The first kappa shape index (κ1) is 8.66. The zero-order valence-electron chi connectivity index (χ0n) is 6.96. The number of hydrogen-bond acceptors (Lipinski definition) is 3. The lowest BCUT2D eigenvalue weighted by Crippen LogP contribution is -2.20. The Hall–Kier alpha value is -0.930. The summed E-state index contributed by atoms with van der Waals surface area (Å²) < 4.78 is 5.33. The van der Waals surface area contributed by atoms with Crippen LogP contribution in [0, 0.1) is 0 Å². The van der Waals surface area contributed by atoms with Crippen LogP contribution in [0.15, 0.2) is 12.1 Å². The van der Waals surface area contributed by atoms with E-state index in [0.29, 0.717) is 29.4 Å². The summed E-state index contributed by atoms with van der Waals surface area (Å²) in [6.07, 6.45) is 0.709. The van der Waals surface area contributed by atoms with Gasteiger partial charge in [0.15, 0.2) is 0 Å². The fourth-order valence-electron chi connectivity index (χ4n) is 1.49. The van der Waals surface area contributed by atoms with Crippen molar-refractivity contribution in [3.05, 3.63) is 22.7 Å². The highest BCUT2D eigenvalue weighted by atomic mass is 35.5. The van der Waals surface area contributed by atoms with E-state index in [0.717, 1.165) is 0 Å². The van der Waals surface area contributed by atoms with E-state index in [2.05, 4.69) is 0 Å². The van der Waals surface area contributed by atoms with Crippen LogP contribution >= 0.6 is 11.6 Å². The maximum Gasteiger partial charge on any atom is 0.142 e. The number of fused-ring (bicyclic) bond motifs is 1.